The van der Waals surface area contributed by atoms with Gasteiger partial charge in [-0.3, -0.25) is 19.5 Å². The van der Waals surface area contributed by atoms with Crippen molar-refractivity contribution in [1.29, 1.82) is 0 Å². The van der Waals surface area contributed by atoms with Crippen molar-refractivity contribution < 1.29 is 14.0 Å². The van der Waals surface area contributed by atoms with Crippen LogP contribution < -0.4 is 0 Å². The maximum absolute atomic E-state index is 14.3. The van der Waals surface area contributed by atoms with E-state index in [1.54, 1.807) is 0 Å². The molecule has 2 spiro atoms. The van der Waals surface area contributed by atoms with Gasteiger partial charge < -0.3 is 14.2 Å². The third-order valence-electron chi connectivity index (χ3n) is 10.6. The van der Waals surface area contributed by atoms with Crippen LogP contribution in [-0.2, 0) is 9.59 Å². The van der Waals surface area contributed by atoms with E-state index in [4.69, 9.17) is 9.41 Å². The Balaban J connectivity index is 1.06. The van der Waals surface area contributed by atoms with Crippen LogP contribution in [0.4, 0.5) is 0 Å². The quantitative estimate of drug-likeness (QED) is 0.348. The minimum absolute atomic E-state index is 0.0271. The molecule has 4 heterocycles. The van der Waals surface area contributed by atoms with Crippen molar-refractivity contribution in [3.05, 3.63) is 71.5 Å². The summed E-state index contributed by atoms with van der Waals surface area (Å²) in [6, 6.07) is 17.3. The molecule has 1 unspecified atom stereocenters. The number of carbonyl (C=O) groups excluding carboxylic acids is 2. The van der Waals surface area contributed by atoms with Crippen LogP contribution in [0.25, 0.3) is 22.1 Å². The second kappa shape index (κ2) is 9.65. The first kappa shape index (κ1) is 26.9. The summed E-state index contributed by atoms with van der Waals surface area (Å²) in [7, 11) is 0. The molecule has 0 radical (unpaired) electrons. The molecule has 0 bridgehead atoms. The Morgan fingerprint density at radius 1 is 0.977 bits per heavy atom. The number of nitrogens with zero attached hydrogens (tertiary/aromatic N) is 4. The minimum atomic E-state index is -0.685. The number of fused-ring (bicyclic) bond motifs is 1. The monoisotopic (exact) mass is 576 g/mol. The molecule has 1 atom stereocenters. The van der Waals surface area contributed by atoms with Crippen LogP contribution >= 0.6 is 0 Å². The SMILES string of the molecule is Cc1cc2cc(-c3ccc(C4=NC5(CCN(C(C)C)CC5)C(=O)N4CC4=CC45CCN(C(=O)C4CC4)C5)cc3)ccc2o1. The Labute approximate surface area is 253 Å². The van der Waals surface area contributed by atoms with Gasteiger partial charge >= 0.3 is 0 Å². The van der Waals surface area contributed by atoms with Crippen LogP contribution in [0.5, 0.6) is 0 Å². The molecular weight excluding hydrogens is 536 g/mol. The number of rotatable bonds is 6. The Morgan fingerprint density at radius 3 is 2.42 bits per heavy atom. The normalized spacial score (nSPS) is 25.0. The molecule has 3 aromatic rings. The molecule has 2 aliphatic carbocycles. The molecule has 5 aliphatic rings. The first-order valence-electron chi connectivity index (χ1n) is 16.0. The molecule has 222 valence electrons. The molecule has 0 N–H and O–H groups in total. The highest BCUT2D eigenvalue weighted by molar-refractivity contribution is 6.15. The van der Waals surface area contributed by atoms with E-state index >= 15 is 0 Å². The van der Waals surface area contributed by atoms with Crippen LogP contribution in [0.2, 0.25) is 0 Å². The molecule has 43 heavy (non-hydrogen) atoms. The smallest absolute Gasteiger partial charge is 0.256 e. The van der Waals surface area contributed by atoms with Crippen LogP contribution in [0, 0.1) is 18.3 Å². The number of benzene rings is 2. The Bertz CT molecular complexity index is 1690. The maximum atomic E-state index is 14.3. The third-order valence-corrected chi connectivity index (χ3v) is 10.6. The van der Waals surface area contributed by atoms with E-state index in [2.05, 4.69) is 72.2 Å². The van der Waals surface area contributed by atoms with Gasteiger partial charge in [-0.2, -0.15) is 0 Å². The summed E-state index contributed by atoms with van der Waals surface area (Å²) in [6.45, 7) is 10.3. The Morgan fingerprint density at radius 2 is 1.70 bits per heavy atom. The van der Waals surface area contributed by atoms with Crippen molar-refractivity contribution in [3.8, 4) is 11.1 Å². The van der Waals surface area contributed by atoms with E-state index in [0.29, 0.717) is 18.5 Å². The molecule has 1 saturated carbocycles. The summed E-state index contributed by atoms with van der Waals surface area (Å²) in [5.74, 6) is 2.42. The fourth-order valence-electron chi connectivity index (χ4n) is 7.59. The zero-order valence-electron chi connectivity index (χ0n) is 25.4. The van der Waals surface area contributed by atoms with Crippen LogP contribution in [0.3, 0.4) is 0 Å². The molecule has 3 aliphatic heterocycles. The lowest BCUT2D eigenvalue weighted by Gasteiger charge is -2.38. The standard InChI is InChI=1S/C36H40N4O3/c1-23(2)38-16-13-36(14-17-38)34(42)40(21-30-20-35(30)12-15-39(22-35)33(41)27-8-9-27)32(37-36)26-6-4-25(5-7-26)28-10-11-31-29(19-28)18-24(3)43-31/h4-7,10-11,18-20,23,27H,8-9,12-17,21-22H2,1-3H3. The second-order valence-corrected chi connectivity index (χ2v) is 13.8. The van der Waals surface area contributed by atoms with E-state index in [1.807, 2.05) is 17.9 Å². The number of likely N-dealkylation sites (tertiary alicyclic amines) is 2. The second-order valence-electron chi connectivity index (χ2n) is 13.8. The predicted octanol–water partition coefficient (Wildman–Crippen LogP) is 5.81. The van der Waals surface area contributed by atoms with Crippen molar-refractivity contribution in [2.24, 2.45) is 16.3 Å². The van der Waals surface area contributed by atoms with E-state index in [-0.39, 0.29) is 17.2 Å². The summed E-state index contributed by atoms with van der Waals surface area (Å²) in [6.07, 6.45) is 6.87. The topological polar surface area (TPSA) is 69.4 Å². The molecular formula is C36H40N4O3. The number of hydrogen-bond acceptors (Lipinski definition) is 5. The summed E-state index contributed by atoms with van der Waals surface area (Å²) in [4.78, 5) is 38.8. The molecule has 7 nitrogen and oxygen atoms in total. The van der Waals surface area contributed by atoms with Gasteiger partial charge in [-0.15, -0.1) is 0 Å². The van der Waals surface area contributed by atoms with Gasteiger partial charge in [0.1, 0.15) is 22.7 Å². The number of piperidine rings is 1. The lowest BCUT2D eigenvalue weighted by molar-refractivity contribution is -0.133. The number of aryl methyl sites for hydroxylation is 1. The number of hydrogen-bond donors (Lipinski definition) is 0. The highest BCUT2D eigenvalue weighted by Crippen LogP contribution is 2.53. The average Bonchev–Trinajstić information content (AvgIpc) is 3.85. The van der Waals surface area contributed by atoms with Crippen molar-refractivity contribution >= 4 is 28.6 Å². The molecule has 7 heteroatoms. The molecule has 8 rings (SSSR count). The van der Waals surface area contributed by atoms with Gasteiger partial charge in [0.05, 0.1) is 0 Å². The number of furan rings is 1. The fourth-order valence-corrected chi connectivity index (χ4v) is 7.59. The summed E-state index contributed by atoms with van der Waals surface area (Å²) < 4.78 is 5.76. The molecule has 2 aromatic carbocycles. The first-order valence-corrected chi connectivity index (χ1v) is 16.0. The van der Waals surface area contributed by atoms with Crippen molar-refractivity contribution in [2.45, 2.75) is 64.5 Å². The van der Waals surface area contributed by atoms with Crippen molar-refractivity contribution in [1.82, 2.24) is 14.7 Å². The summed E-state index contributed by atoms with van der Waals surface area (Å²) in [5, 5.41) is 1.10. The van der Waals surface area contributed by atoms with Gasteiger partial charge in [0.2, 0.25) is 5.91 Å². The van der Waals surface area contributed by atoms with Gasteiger partial charge in [-0.05, 0) is 87.8 Å². The predicted molar refractivity (Wildman–Crippen MR) is 168 cm³/mol. The Kier molecular flexibility index (Phi) is 6.03. The summed E-state index contributed by atoms with van der Waals surface area (Å²) in [5.41, 5.74) is 4.71. The van der Waals surface area contributed by atoms with E-state index in [1.165, 1.54) is 5.57 Å². The third kappa shape index (κ3) is 4.55. The maximum Gasteiger partial charge on any atom is 0.256 e. The highest BCUT2D eigenvalue weighted by Gasteiger charge is 2.55. The summed E-state index contributed by atoms with van der Waals surface area (Å²) >= 11 is 0. The van der Waals surface area contributed by atoms with Gasteiger partial charge in [-0.25, -0.2) is 0 Å². The molecule has 2 amide bonds. The van der Waals surface area contributed by atoms with Crippen molar-refractivity contribution in [3.63, 3.8) is 0 Å². The lowest BCUT2D eigenvalue weighted by atomic mass is 9.87. The fraction of sp³-hybridized carbons (Fsp3) is 0.472. The van der Waals surface area contributed by atoms with Gasteiger partial charge in [0, 0.05) is 61.0 Å². The van der Waals surface area contributed by atoms with Crippen LogP contribution in [-0.4, -0.2) is 76.7 Å². The van der Waals surface area contributed by atoms with E-state index < -0.39 is 5.54 Å². The average molecular weight is 577 g/mol. The Hall–Kier alpha value is -3.71. The first-order chi connectivity index (χ1) is 20.7. The van der Waals surface area contributed by atoms with Gasteiger partial charge in [0.25, 0.3) is 5.91 Å². The minimum Gasteiger partial charge on any atom is -0.461 e. The van der Waals surface area contributed by atoms with Crippen molar-refractivity contribution in [2.75, 3.05) is 32.7 Å². The van der Waals surface area contributed by atoms with E-state index in [0.717, 1.165) is 97.5 Å². The van der Waals surface area contributed by atoms with Gasteiger partial charge in [0.15, 0.2) is 0 Å². The number of amidine groups is 1. The molecule has 3 fully saturated rings. The van der Waals surface area contributed by atoms with E-state index in [9.17, 15) is 9.59 Å². The zero-order valence-corrected chi connectivity index (χ0v) is 25.4. The number of amides is 2. The van der Waals surface area contributed by atoms with Crippen LogP contribution in [0.1, 0.15) is 57.3 Å². The molecule has 1 aromatic heterocycles. The molecule has 2 saturated heterocycles. The number of aliphatic imine (C=N–C) groups is 1. The van der Waals surface area contributed by atoms with Gasteiger partial charge in [-0.1, -0.05) is 36.4 Å². The largest absolute Gasteiger partial charge is 0.461 e. The zero-order chi connectivity index (χ0) is 29.5. The lowest BCUT2D eigenvalue weighted by Crippen LogP contribution is -2.51. The number of carbonyl (C=O) groups is 2. The van der Waals surface area contributed by atoms with Crippen LogP contribution in [0.15, 0.2) is 69.6 Å². The highest BCUT2D eigenvalue weighted by atomic mass is 16.3.